The number of furan rings is 1. The van der Waals surface area contributed by atoms with E-state index in [1.54, 1.807) is 17.5 Å². The van der Waals surface area contributed by atoms with E-state index in [-0.39, 0.29) is 23.6 Å². The van der Waals surface area contributed by atoms with Gasteiger partial charge in [0.2, 0.25) is 0 Å². The van der Waals surface area contributed by atoms with Crippen molar-refractivity contribution < 1.29 is 9.34 Å². The molecule has 0 radical (unpaired) electrons. The highest BCUT2D eigenvalue weighted by Crippen LogP contribution is 2.30. The monoisotopic (exact) mass is 370 g/mol. The van der Waals surface area contributed by atoms with Crippen molar-refractivity contribution in [2.24, 2.45) is 0 Å². The molecule has 0 atom stereocenters. The normalized spacial score (nSPS) is 11.1. The third kappa shape index (κ3) is 2.71. The summed E-state index contributed by atoms with van der Waals surface area (Å²) in [5, 5.41) is 13.0. The topological polar surface area (TPSA) is 124 Å². The molecule has 0 bridgehead atoms. The molecule has 1 N–H and O–H groups in total. The Morgan fingerprint density at radius 2 is 2.15 bits per heavy atom. The van der Waals surface area contributed by atoms with Gasteiger partial charge in [-0.05, 0) is 12.1 Å². The number of hydrogen-bond donors (Lipinski definition) is 1. The van der Waals surface area contributed by atoms with Gasteiger partial charge in [0, 0.05) is 23.1 Å². The maximum Gasteiger partial charge on any atom is 0.285 e. The minimum Gasteiger partial charge on any atom is -0.464 e. The molecule has 9 nitrogen and oxygen atoms in total. The molecule has 130 valence electrons. The highest BCUT2D eigenvalue weighted by Gasteiger charge is 2.15. The van der Waals surface area contributed by atoms with Crippen LogP contribution in [0.2, 0.25) is 0 Å². The van der Waals surface area contributed by atoms with Gasteiger partial charge in [0.1, 0.15) is 16.4 Å². The molecule has 0 fully saturated rings. The number of pyridine rings is 1. The van der Waals surface area contributed by atoms with E-state index < -0.39 is 10.5 Å². The van der Waals surface area contributed by atoms with Gasteiger partial charge < -0.3 is 14.0 Å². The Hall–Kier alpha value is -3.53. The molecule has 0 spiro atoms. The Kier molecular flexibility index (Phi) is 3.73. The summed E-state index contributed by atoms with van der Waals surface area (Å²) >= 11 is 1.28. The molecule has 0 saturated heterocycles. The zero-order chi connectivity index (χ0) is 18.3. The molecule has 0 aliphatic carbocycles. The second kappa shape index (κ2) is 6.08. The molecule has 0 aliphatic rings. The van der Waals surface area contributed by atoms with Crippen molar-refractivity contribution in [3.63, 3.8) is 0 Å². The molecule has 26 heavy (non-hydrogen) atoms. The Labute approximate surface area is 148 Å². The van der Waals surface area contributed by atoms with Gasteiger partial charge in [-0.25, -0.2) is 4.98 Å². The molecule has 4 heterocycles. The van der Waals surface area contributed by atoms with Gasteiger partial charge in [-0.2, -0.15) is 0 Å². The quantitative estimate of drug-likeness (QED) is 0.434. The number of rotatable bonds is 4. The van der Waals surface area contributed by atoms with Crippen LogP contribution >= 0.6 is 11.3 Å². The smallest absolute Gasteiger partial charge is 0.285 e. The SMILES string of the molecule is O=c1[nH]c(Cn2cc([N+](=O)[O-])ccc2=O)nc2scc(-c3ccco3)c12. The number of aromatic nitrogens is 3. The maximum atomic E-state index is 12.5. The summed E-state index contributed by atoms with van der Waals surface area (Å²) in [6, 6.07) is 5.71. The van der Waals surface area contributed by atoms with Crippen LogP contribution in [0.15, 0.2) is 56.1 Å². The molecule has 4 aromatic heterocycles. The van der Waals surface area contributed by atoms with E-state index in [9.17, 15) is 19.7 Å². The Morgan fingerprint density at radius 3 is 2.88 bits per heavy atom. The predicted octanol–water partition coefficient (Wildman–Crippen LogP) is 2.36. The van der Waals surface area contributed by atoms with Gasteiger partial charge in [-0.15, -0.1) is 11.3 Å². The van der Waals surface area contributed by atoms with Gasteiger partial charge >= 0.3 is 0 Å². The zero-order valence-electron chi connectivity index (χ0n) is 13.0. The minimum atomic E-state index is -0.593. The number of thiophene rings is 1. The van der Waals surface area contributed by atoms with Crippen molar-refractivity contribution >= 4 is 27.2 Å². The minimum absolute atomic E-state index is 0.0837. The van der Waals surface area contributed by atoms with E-state index in [0.717, 1.165) is 22.9 Å². The zero-order valence-corrected chi connectivity index (χ0v) is 13.9. The average Bonchev–Trinajstić information content (AvgIpc) is 3.25. The van der Waals surface area contributed by atoms with Gasteiger partial charge in [-0.3, -0.25) is 19.7 Å². The summed E-state index contributed by atoms with van der Waals surface area (Å²) in [6.45, 7) is -0.0837. The summed E-state index contributed by atoms with van der Waals surface area (Å²) in [7, 11) is 0. The fourth-order valence-corrected chi connectivity index (χ4v) is 3.54. The molecule has 10 heteroatoms. The van der Waals surface area contributed by atoms with Crippen molar-refractivity contribution in [3.05, 3.63) is 78.8 Å². The molecule has 0 unspecified atom stereocenters. The van der Waals surface area contributed by atoms with Crippen molar-refractivity contribution in [3.8, 4) is 11.3 Å². The third-order valence-electron chi connectivity index (χ3n) is 3.78. The van der Waals surface area contributed by atoms with Crippen molar-refractivity contribution in [1.29, 1.82) is 0 Å². The van der Waals surface area contributed by atoms with Gasteiger partial charge in [-0.1, -0.05) is 0 Å². The van der Waals surface area contributed by atoms with Gasteiger partial charge in [0.05, 0.1) is 29.3 Å². The summed E-state index contributed by atoms with van der Waals surface area (Å²) in [6.07, 6.45) is 2.64. The lowest BCUT2D eigenvalue weighted by atomic mass is 10.2. The van der Waals surface area contributed by atoms with Gasteiger partial charge in [0.25, 0.3) is 16.8 Å². The van der Waals surface area contributed by atoms with E-state index in [2.05, 4.69) is 9.97 Å². The van der Waals surface area contributed by atoms with Crippen LogP contribution in [0.1, 0.15) is 5.82 Å². The largest absolute Gasteiger partial charge is 0.464 e. The first-order valence-corrected chi connectivity index (χ1v) is 8.30. The Morgan fingerprint density at radius 1 is 1.31 bits per heavy atom. The van der Waals surface area contributed by atoms with Crippen LogP contribution in [0, 0.1) is 10.1 Å². The van der Waals surface area contributed by atoms with Crippen LogP contribution in [-0.4, -0.2) is 19.5 Å². The van der Waals surface area contributed by atoms with Crippen LogP contribution in [0.5, 0.6) is 0 Å². The summed E-state index contributed by atoms with van der Waals surface area (Å²) < 4.78 is 6.46. The molecule has 0 amide bonds. The van der Waals surface area contributed by atoms with Crippen LogP contribution in [0.3, 0.4) is 0 Å². The number of fused-ring (bicyclic) bond motifs is 1. The second-order valence-corrected chi connectivity index (χ2v) is 6.29. The lowest BCUT2D eigenvalue weighted by Crippen LogP contribution is -2.22. The molecule has 4 aromatic rings. The lowest BCUT2D eigenvalue weighted by Gasteiger charge is -2.05. The second-order valence-electron chi connectivity index (χ2n) is 5.43. The fourth-order valence-electron chi connectivity index (χ4n) is 2.59. The lowest BCUT2D eigenvalue weighted by molar-refractivity contribution is -0.385. The van der Waals surface area contributed by atoms with Crippen LogP contribution in [-0.2, 0) is 6.54 Å². The number of hydrogen-bond acceptors (Lipinski definition) is 7. The molecule has 0 saturated carbocycles. The van der Waals surface area contributed by atoms with Crippen molar-refractivity contribution in [2.45, 2.75) is 6.54 Å². The molecular formula is C16H10N4O5S. The molecule has 0 aromatic carbocycles. The van der Waals surface area contributed by atoms with Gasteiger partial charge in [0.15, 0.2) is 0 Å². The average molecular weight is 370 g/mol. The van der Waals surface area contributed by atoms with E-state index in [0.29, 0.717) is 21.5 Å². The Bertz CT molecular complexity index is 1240. The van der Waals surface area contributed by atoms with E-state index in [4.69, 9.17) is 4.42 Å². The first kappa shape index (κ1) is 16.0. The van der Waals surface area contributed by atoms with Crippen molar-refractivity contribution in [2.75, 3.05) is 0 Å². The standard InChI is InChI=1S/C16H10N4O5S/c21-13-4-3-9(20(23)24)6-19(13)7-12-17-15(22)14-10(8-26-16(14)18-12)11-2-1-5-25-11/h1-6,8H,7H2,(H,17,18,22). The number of aromatic amines is 1. The van der Waals surface area contributed by atoms with Crippen molar-refractivity contribution in [1.82, 2.24) is 14.5 Å². The summed E-state index contributed by atoms with van der Waals surface area (Å²) in [5.41, 5.74) is -0.371. The molecular weight excluding hydrogens is 360 g/mol. The number of H-pyrrole nitrogens is 1. The molecule has 4 rings (SSSR count). The first-order valence-electron chi connectivity index (χ1n) is 7.42. The predicted molar refractivity (Wildman–Crippen MR) is 94.4 cm³/mol. The number of nitrogens with zero attached hydrogens (tertiary/aromatic N) is 3. The summed E-state index contributed by atoms with van der Waals surface area (Å²) in [4.78, 5) is 42.2. The number of nitrogens with one attached hydrogen (secondary N) is 1. The first-order chi connectivity index (χ1) is 12.5. The Balaban J connectivity index is 1.78. The summed E-state index contributed by atoms with van der Waals surface area (Å²) in [5.74, 6) is 0.796. The highest BCUT2D eigenvalue weighted by atomic mass is 32.1. The van der Waals surface area contributed by atoms with Crippen LogP contribution in [0.25, 0.3) is 21.5 Å². The highest BCUT2D eigenvalue weighted by molar-refractivity contribution is 7.17. The van der Waals surface area contributed by atoms with E-state index >= 15 is 0 Å². The number of nitro groups is 1. The van der Waals surface area contributed by atoms with E-state index in [1.807, 2.05) is 0 Å². The van der Waals surface area contributed by atoms with Crippen LogP contribution < -0.4 is 11.1 Å². The van der Waals surface area contributed by atoms with Crippen LogP contribution in [0.4, 0.5) is 5.69 Å². The van der Waals surface area contributed by atoms with E-state index in [1.165, 1.54) is 17.6 Å². The fraction of sp³-hybridized carbons (Fsp3) is 0.0625. The maximum absolute atomic E-state index is 12.5. The molecule has 0 aliphatic heterocycles. The third-order valence-corrected chi connectivity index (χ3v) is 4.65.